The summed E-state index contributed by atoms with van der Waals surface area (Å²) in [5.41, 5.74) is 1.00. The van der Waals surface area contributed by atoms with E-state index in [0.717, 1.165) is 57.9 Å². The zero-order valence-electron chi connectivity index (χ0n) is 16.1. The molecular weight excluding hydrogens is 328 g/mol. The largest absolute Gasteiger partial charge is 0.379 e. The third kappa shape index (κ3) is 5.25. The summed E-state index contributed by atoms with van der Waals surface area (Å²) in [7, 11) is 1.99. The number of likely N-dealkylation sites (tertiary alicyclic amines) is 1. The van der Waals surface area contributed by atoms with Crippen molar-refractivity contribution < 1.29 is 9.53 Å². The van der Waals surface area contributed by atoms with Gasteiger partial charge in [-0.3, -0.25) is 19.6 Å². The molecule has 1 aromatic heterocycles. The molecular formula is C20H32N4O2. The zero-order chi connectivity index (χ0) is 18.4. The molecule has 3 heterocycles. The van der Waals surface area contributed by atoms with Crippen LogP contribution in [-0.4, -0.2) is 84.6 Å². The fourth-order valence-electron chi connectivity index (χ4n) is 4.07. The van der Waals surface area contributed by atoms with E-state index in [1.165, 1.54) is 0 Å². The third-order valence-corrected chi connectivity index (χ3v) is 5.76. The van der Waals surface area contributed by atoms with Crippen molar-refractivity contribution in [2.24, 2.45) is 5.92 Å². The van der Waals surface area contributed by atoms with Gasteiger partial charge in [0.1, 0.15) is 0 Å². The van der Waals surface area contributed by atoms with Crippen LogP contribution < -0.4 is 0 Å². The van der Waals surface area contributed by atoms with Gasteiger partial charge in [-0.05, 0) is 44.9 Å². The van der Waals surface area contributed by atoms with Gasteiger partial charge in [0.2, 0.25) is 5.91 Å². The van der Waals surface area contributed by atoms with Gasteiger partial charge in [-0.25, -0.2) is 0 Å². The van der Waals surface area contributed by atoms with Crippen LogP contribution in [-0.2, 0) is 16.1 Å². The Kier molecular flexibility index (Phi) is 7.00. The molecule has 0 spiro atoms. The molecule has 2 aliphatic heterocycles. The van der Waals surface area contributed by atoms with Crippen molar-refractivity contribution in [3.63, 3.8) is 0 Å². The lowest BCUT2D eigenvalue weighted by molar-refractivity contribution is -0.134. The van der Waals surface area contributed by atoms with Crippen molar-refractivity contribution in [2.75, 3.05) is 53.0 Å². The molecule has 6 heteroatoms. The molecule has 2 fully saturated rings. The maximum atomic E-state index is 12.6. The van der Waals surface area contributed by atoms with Crippen molar-refractivity contribution >= 4 is 5.91 Å². The highest BCUT2D eigenvalue weighted by Gasteiger charge is 2.30. The number of hydrogen-bond donors (Lipinski definition) is 0. The van der Waals surface area contributed by atoms with Crippen LogP contribution in [0.3, 0.4) is 0 Å². The number of morpholine rings is 1. The van der Waals surface area contributed by atoms with E-state index in [1.807, 2.05) is 35.0 Å². The van der Waals surface area contributed by atoms with Crippen LogP contribution in [0, 0.1) is 5.92 Å². The summed E-state index contributed by atoms with van der Waals surface area (Å²) < 4.78 is 5.46. The molecule has 2 aliphatic rings. The Bertz CT molecular complexity index is 554. The lowest BCUT2D eigenvalue weighted by atomic mass is 9.89. The summed E-state index contributed by atoms with van der Waals surface area (Å²) in [4.78, 5) is 23.6. The lowest BCUT2D eigenvalue weighted by Crippen LogP contribution is -2.50. The third-order valence-electron chi connectivity index (χ3n) is 5.76. The average Bonchev–Trinajstić information content (AvgIpc) is 2.69. The van der Waals surface area contributed by atoms with E-state index >= 15 is 0 Å². The SMILES string of the molecule is CC(C1CCN(C(=O)CN(C)Cc2ccccn2)CC1)N1CCOCC1. The Morgan fingerprint density at radius 1 is 1.27 bits per heavy atom. The molecule has 144 valence electrons. The van der Waals surface area contributed by atoms with Gasteiger partial charge in [0.25, 0.3) is 0 Å². The van der Waals surface area contributed by atoms with Crippen molar-refractivity contribution in [3.8, 4) is 0 Å². The van der Waals surface area contributed by atoms with Crippen LogP contribution in [0.15, 0.2) is 24.4 Å². The topological polar surface area (TPSA) is 48.9 Å². The number of carbonyl (C=O) groups is 1. The van der Waals surface area contributed by atoms with E-state index in [2.05, 4.69) is 16.8 Å². The van der Waals surface area contributed by atoms with Gasteiger partial charge >= 0.3 is 0 Å². The second-order valence-corrected chi connectivity index (χ2v) is 7.60. The first-order valence-electron chi connectivity index (χ1n) is 9.81. The van der Waals surface area contributed by atoms with Gasteiger partial charge in [-0.15, -0.1) is 0 Å². The lowest BCUT2D eigenvalue weighted by Gasteiger charge is -2.41. The monoisotopic (exact) mass is 360 g/mol. The zero-order valence-corrected chi connectivity index (χ0v) is 16.1. The van der Waals surface area contributed by atoms with E-state index in [4.69, 9.17) is 4.74 Å². The summed E-state index contributed by atoms with van der Waals surface area (Å²) in [6.07, 6.45) is 4.01. The predicted octanol–water partition coefficient (Wildman–Crippen LogP) is 1.47. The summed E-state index contributed by atoms with van der Waals surface area (Å²) in [6, 6.07) is 6.48. The molecule has 2 saturated heterocycles. The molecule has 26 heavy (non-hydrogen) atoms. The second-order valence-electron chi connectivity index (χ2n) is 7.60. The maximum absolute atomic E-state index is 12.6. The highest BCUT2D eigenvalue weighted by Crippen LogP contribution is 2.24. The van der Waals surface area contributed by atoms with E-state index in [0.29, 0.717) is 25.0 Å². The van der Waals surface area contributed by atoms with Crippen LogP contribution in [0.5, 0.6) is 0 Å². The molecule has 0 bridgehead atoms. The van der Waals surface area contributed by atoms with Gasteiger partial charge < -0.3 is 9.64 Å². The minimum Gasteiger partial charge on any atom is -0.379 e. The smallest absolute Gasteiger partial charge is 0.236 e. The molecule has 0 N–H and O–H groups in total. The predicted molar refractivity (Wildman–Crippen MR) is 102 cm³/mol. The number of likely N-dealkylation sites (N-methyl/N-ethyl adjacent to an activating group) is 1. The van der Waals surface area contributed by atoms with Gasteiger partial charge in [0, 0.05) is 45.0 Å². The Balaban J connectivity index is 1.41. The molecule has 6 nitrogen and oxygen atoms in total. The quantitative estimate of drug-likeness (QED) is 0.769. The molecule has 0 aromatic carbocycles. The summed E-state index contributed by atoms with van der Waals surface area (Å²) in [6.45, 7) is 9.06. The number of carbonyl (C=O) groups excluding carboxylic acids is 1. The van der Waals surface area contributed by atoms with Crippen molar-refractivity contribution in [1.82, 2.24) is 19.7 Å². The number of ether oxygens (including phenoxy) is 1. The molecule has 1 aromatic rings. The summed E-state index contributed by atoms with van der Waals surface area (Å²) in [5.74, 6) is 0.921. The number of aromatic nitrogens is 1. The van der Waals surface area contributed by atoms with Crippen molar-refractivity contribution in [2.45, 2.75) is 32.4 Å². The van der Waals surface area contributed by atoms with Crippen LogP contribution in [0.25, 0.3) is 0 Å². The van der Waals surface area contributed by atoms with Gasteiger partial charge in [-0.1, -0.05) is 6.07 Å². The van der Waals surface area contributed by atoms with Crippen LogP contribution in [0.4, 0.5) is 0 Å². The molecule has 0 radical (unpaired) electrons. The van der Waals surface area contributed by atoms with Gasteiger partial charge in [-0.2, -0.15) is 0 Å². The molecule has 0 aliphatic carbocycles. The number of piperidine rings is 1. The number of rotatable bonds is 6. The molecule has 3 rings (SSSR count). The van der Waals surface area contributed by atoms with Gasteiger partial charge in [0.05, 0.1) is 25.5 Å². The Hall–Kier alpha value is -1.50. The summed E-state index contributed by atoms with van der Waals surface area (Å²) in [5, 5.41) is 0. The Morgan fingerprint density at radius 3 is 2.65 bits per heavy atom. The minimum atomic E-state index is 0.237. The average molecular weight is 361 g/mol. The van der Waals surface area contributed by atoms with E-state index in [-0.39, 0.29) is 5.91 Å². The normalized spacial score (nSPS) is 21.1. The van der Waals surface area contributed by atoms with E-state index < -0.39 is 0 Å². The fraction of sp³-hybridized carbons (Fsp3) is 0.700. The van der Waals surface area contributed by atoms with Crippen molar-refractivity contribution in [1.29, 1.82) is 0 Å². The van der Waals surface area contributed by atoms with Crippen LogP contribution in [0.2, 0.25) is 0 Å². The number of nitrogens with zero attached hydrogens (tertiary/aromatic N) is 4. The second kappa shape index (κ2) is 9.44. The number of pyridine rings is 1. The first-order valence-corrected chi connectivity index (χ1v) is 9.81. The Morgan fingerprint density at radius 2 is 2.00 bits per heavy atom. The van der Waals surface area contributed by atoms with Crippen molar-refractivity contribution in [3.05, 3.63) is 30.1 Å². The molecule has 1 amide bonds. The van der Waals surface area contributed by atoms with Crippen LogP contribution >= 0.6 is 0 Å². The summed E-state index contributed by atoms with van der Waals surface area (Å²) >= 11 is 0. The van der Waals surface area contributed by atoms with Gasteiger partial charge in [0.15, 0.2) is 0 Å². The Labute approximate surface area is 157 Å². The first kappa shape index (κ1) is 19.3. The molecule has 1 atom stereocenters. The maximum Gasteiger partial charge on any atom is 0.236 e. The highest BCUT2D eigenvalue weighted by molar-refractivity contribution is 5.78. The standard InChI is InChI=1S/C20H32N4O2/c1-17(23-11-13-26-14-12-23)18-6-9-24(10-7-18)20(25)16-22(2)15-19-5-3-4-8-21-19/h3-5,8,17-18H,6-7,9-16H2,1-2H3. The first-order chi connectivity index (χ1) is 12.6. The fourth-order valence-corrected chi connectivity index (χ4v) is 4.07. The minimum absolute atomic E-state index is 0.237. The van der Waals surface area contributed by atoms with E-state index in [1.54, 1.807) is 6.20 Å². The number of amides is 1. The molecule has 0 saturated carbocycles. The number of hydrogen-bond acceptors (Lipinski definition) is 5. The highest BCUT2D eigenvalue weighted by atomic mass is 16.5. The molecule has 1 unspecified atom stereocenters. The van der Waals surface area contributed by atoms with Crippen LogP contribution in [0.1, 0.15) is 25.5 Å². The van der Waals surface area contributed by atoms with E-state index in [9.17, 15) is 4.79 Å².